The maximum atomic E-state index is 9.08. The molecule has 1 saturated carbocycles. The molecule has 2 fully saturated rings. The summed E-state index contributed by atoms with van der Waals surface area (Å²) in [7, 11) is 0. The van der Waals surface area contributed by atoms with E-state index in [1.807, 2.05) is 0 Å². The number of rotatable bonds is 6. The second-order valence-corrected chi connectivity index (χ2v) is 7.73. The Morgan fingerprint density at radius 3 is 2.74 bits per heavy atom. The van der Waals surface area contributed by atoms with Gasteiger partial charge >= 0.3 is 0 Å². The van der Waals surface area contributed by atoms with E-state index in [0.717, 1.165) is 43.2 Å². The first-order valence-electron chi connectivity index (χ1n) is 9.45. The van der Waals surface area contributed by atoms with Gasteiger partial charge in [-0.25, -0.2) is 15.0 Å². The van der Waals surface area contributed by atoms with Crippen molar-refractivity contribution >= 4 is 17.5 Å². The SMILES string of the molecule is N#Cc1cccnc1OCCC1CC1C1CCN(c2ncc(Cl)cn2)CC1. The number of aromatic nitrogens is 3. The van der Waals surface area contributed by atoms with Crippen LogP contribution in [0.15, 0.2) is 30.7 Å². The molecule has 0 aromatic carbocycles. The first-order valence-corrected chi connectivity index (χ1v) is 9.83. The third kappa shape index (κ3) is 4.30. The lowest BCUT2D eigenvalue weighted by molar-refractivity contribution is 0.275. The summed E-state index contributed by atoms with van der Waals surface area (Å²) in [5.74, 6) is 3.56. The van der Waals surface area contributed by atoms with E-state index >= 15 is 0 Å². The molecule has 2 aromatic heterocycles. The Morgan fingerprint density at radius 2 is 2.00 bits per heavy atom. The van der Waals surface area contributed by atoms with Crippen molar-refractivity contribution in [3.63, 3.8) is 0 Å². The molecule has 1 saturated heterocycles. The molecule has 0 amide bonds. The number of hydrogen-bond acceptors (Lipinski definition) is 6. The molecule has 2 aliphatic rings. The number of piperidine rings is 1. The minimum Gasteiger partial charge on any atom is -0.477 e. The van der Waals surface area contributed by atoms with Crippen LogP contribution >= 0.6 is 11.6 Å². The van der Waals surface area contributed by atoms with Gasteiger partial charge in [0.2, 0.25) is 11.8 Å². The first-order chi connectivity index (χ1) is 13.2. The molecule has 1 aliphatic heterocycles. The van der Waals surface area contributed by atoms with Crippen molar-refractivity contribution in [2.75, 3.05) is 24.6 Å². The number of halogens is 1. The standard InChI is InChI=1S/C20H22ClN5O/c21-17-12-24-20(25-13-17)26-7-3-14(4-8-26)18-10-15(18)5-9-27-19-16(11-22)2-1-6-23-19/h1-2,6,12-15,18H,3-5,7-10H2. The molecule has 0 N–H and O–H groups in total. The van der Waals surface area contributed by atoms with E-state index in [1.165, 1.54) is 19.3 Å². The number of nitriles is 1. The highest BCUT2D eigenvalue weighted by molar-refractivity contribution is 6.30. The van der Waals surface area contributed by atoms with Gasteiger partial charge in [-0.3, -0.25) is 0 Å². The fourth-order valence-electron chi connectivity index (χ4n) is 4.07. The molecular formula is C20H22ClN5O. The third-order valence-electron chi connectivity index (χ3n) is 5.63. The molecule has 140 valence electrons. The lowest BCUT2D eigenvalue weighted by Gasteiger charge is -2.32. The molecule has 0 bridgehead atoms. The van der Waals surface area contributed by atoms with E-state index in [4.69, 9.17) is 21.6 Å². The van der Waals surface area contributed by atoms with E-state index in [1.54, 1.807) is 30.7 Å². The smallest absolute Gasteiger partial charge is 0.231 e. The van der Waals surface area contributed by atoms with Gasteiger partial charge in [0.25, 0.3) is 0 Å². The lowest BCUT2D eigenvalue weighted by atomic mass is 9.90. The number of ether oxygens (including phenoxy) is 1. The van der Waals surface area contributed by atoms with Crippen LogP contribution in [0.1, 0.15) is 31.2 Å². The van der Waals surface area contributed by atoms with E-state index in [-0.39, 0.29) is 0 Å². The Kier molecular flexibility index (Phi) is 5.40. The summed E-state index contributed by atoms with van der Waals surface area (Å²) in [6.45, 7) is 2.64. The predicted molar refractivity (Wildman–Crippen MR) is 103 cm³/mol. The van der Waals surface area contributed by atoms with Gasteiger partial charge in [-0.1, -0.05) is 11.6 Å². The summed E-state index contributed by atoms with van der Waals surface area (Å²) in [4.78, 5) is 15.0. The number of nitrogens with zero attached hydrogens (tertiary/aromatic N) is 5. The topological polar surface area (TPSA) is 74.9 Å². The molecule has 3 heterocycles. The summed E-state index contributed by atoms with van der Waals surface area (Å²) in [6.07, 6.45) is 9.68. The Hall–Kier alpha value is -2.39. The molecule has 2 unspecified atom stereocenters. The fraction of sp³-hybridized carbons (Fsp3) is 0.500. The summed E-state index contributed by atoms with van der Waals surface area (Å²) >= 11 is 5.86. The van der Waals surface area contributed by atoms with Crippen LogP contribution in [0, 0.1) is 29.1 Å². The van der Waals surface area contributed by atoms with Crippen LogP contribution in [0.3, 0.4) is 0 Å². The number of anilines is 1. The van der Waals surface area contributed by atoms with Gasteiger partial charge in [0.15, 0.2) is 0 Å². The normalized spacial score (nSPS) is 22.3. The van der Waals surface area contributed by atoms with Crippen molar-refractivity contribution in [2.24, 2.45) is 17.8 Å². The van der Waals surface area contributed by atoms with Crippen molar-refractivity contribution in [2.45, 2.75) is 25.7 Å². The van der Waals surface area contributed by atoms with E-state index in [2.05, 4.69) is 25.9 Å². The van der Waals surface area contributed by atoms with Gasteiger partial charge in [-0.2, -0.15) is 5.26 Å². The van der Waals surface area contributed by atoms with Crippen LogP contribution in [-0.2, 0) is 0 Å². The Balaban J connectivity index is 1.20. The largest absolute Gasteiger partial charge is 0.477 e. The maximum absolute atomic E-state index is 9.08. The highest BCUT2D eigenvalue weighted by atomic mass is 35.5. The van der Waals surface area contributed by atoms with Crippen molar-refractivity contribution in [3.05, 3.63) is 41.3 Å². The molecule has 2 atom stereocenters. The molecule has 2 aromatic rings. The Morgan fingerprint density at radius 1 is 1.22 bits per heavy atom. The quantitative estimate of drug-likeness (QED) is 0.756. The van der Waals surface area contributed by atoms with Crippen LogP contribution < -0.4 is 9.64 Å². The van der Waals surface area contributed by atoms with E-state index in [9.17, 15) is 0 Å². The molecule has 1 aliphatic carbocycles. The molecule has 0 spiro atoms. The zero-order valence-corrected chi connectivity index (χ0v) is 15.8. The van der Waals surface area contributed by atoms with Gasteiger partial charge in [0.1, 0.15) is 11.6 Å². The Labute approximate surface area is 164 Å². The van der Waals surface area contributed by atoms with Crippen molar-refractivity contribution in [3.8, 4) is 11.9 Å². The highest BCUT2D eigenvalue weighted by Crippen LogP contribution is 2.49. The van der Waals surface area contributed by atoms with Crippen LogP contribution in [0.2, 0.25) is 5.02 Å². The predicted octanol–water partition coefficient (Wildman–Crippen LogP) is 3.72. The number of hydrogen-bond donors (Lipinski definition) is 0. The van der Waals surface area contributed by atoms with Crippen LogP contribution in [0.4, 0.5) is 5.95 Å². The molecule has 6 nitrogen and oxygen atoms in total. The molecular weight excluding hydrogens is 362 g/mol. The van der Waals surface area contributed by atoms with Crippen molar-refractivity contribution in [1.82, 2.24) is 15.0 Å². The first kappa shape index (κ1) is 18.0. The zero-order valence-electron chi connectivity index (χ0n) is 15.1. The molecule has 0 radical (unpaired) electrons. The third-order valence-corrected chi connectivity index (χ3v) is 5.83. The average Bonchev–Trinajstić information content (AvgIpc) is 3.49. The second kappa shape index (κ2) is 8.10. The summed E-state index contributed by atoms with van der Waals surface area (Å²) in [6, 6.07) is 5.61. The minimum atomic E-state index is 0.452. The van der Waals surface area contributed by atoms with Gasteiger partial charge < -0.3 is 9.64 Å². The summed E-state index contributed by atoms with van der Waals surface area (Å²) in [5, 5.41) is 9.65. The van der Waals surface area contributed by atoms with Gasteiger partial charge in [-0.05, 0) is 55.6 Å². The highest BCUT2D eigenvalue weighted by Gasteiger charge is 2.43. The summed E-state index contributed by atoms with van der Waals surface area (Å²) in [5.41, 5.74) is 0.502. The summed E-state index contributed by atoms with van der Waals surface area (Å²) < 4.78 is 5.73. The fourth-order valence-corrected chi connectivity index (χ4v) is 4.17. The van der Waals surface area contributed by atoms with Crippen molar-refractivity contribution in [1.29, 1.82) is 5.26 Å². The maximum Gasteiger partial charge on any atom is 0.231 e. The second-order valence-electron chi connectivity index (χ2n) is 7.29. The van der Waals surface area contributed by atoms with Crippen LogP contribution in [0.5, 0.6) is 5.88 Å². The van der Waals surface area contributed by atoms with E-state index in [0.29, 0.717) is 23.1 Å². The van der Waals surface area contributed by atoms with Crippen molar-refractivity contribution < 1.29 is 4.74 Å². The van der Waals surface area contributed by atoms with Gasteiger partial charge in [-0.15, -0.1) is 0 Å². The van der Waals surface area contributed by atoms with Crippen LogP contribution in [0.25, 0.3) is 0 Å². The van der Waals surface area contributed by atoms with E-state index < -0.39 is 0 Å². The Bertz CT molecular complexity index is 814. The average molecular weight is 384 g/mol. The van der Waals surface area contributed by atoms with Gasteiger partial charge in [0.05, 0.1) is 24.0 Å². The zero-order chi connectivity index (χ0) is 18.6. The molecule has 4 rings (SSSR count). The number of pyridine rings is 1. The van der Waals surface area contributed by atoms with Crippen LogP contribution in [-0.4, -0.2) is 34.6 Å². The lowest BCUT2D eigenvalue weighted by Crippen LogP contribution is -2.35. The van der Waals surface area contributed by atoms with Gasteiger partial charge in [0, 0.05) is 19.3 Å². The minimum absolute atomic E-state index is 0.452. The molecule has 7 heteroatoms. The molecule has 27 heavy (non-hydrogen) atoms. The monoisotopic (exact) mass is 383 g/mol.